The lowest BCUT2D eigenvalue weighted by molar-refractivity contribution is 0.200. The first-order valence-electron chi connectivity index (χ1n) is 5.41. The van der Waals surface area contributed by atoms with Crippen LogP contribution >= 0.6 is 0 Å². The molecule has 90 valence electrons. The van der Waals surface area contributed by atoms with Gasteiger partial charge in [-0.1, -0.05) is 12.2 Å². The molecule has 1 rings (SSSR count). The summed E-state index contributed by atoms with van der Waals surface area (Å²) in [5.41, 5.74) is -0.00514. The molecule has 4 heteroatoms. The molecule has 0 aromatic rings. The molecule has 1 heterocycles. The van der Waals surface area contributed by atoms with E-state index in [2.05, 4.69) is 0 Å². The predicted octanol–water partition coefficient (Wildman–Crippen LogP) is 2.78. The van der Waals surface area contributed by atoms with Crippen molar-refractivity contribution in [2.75, 3.05) is 11.5 Å². The average Bonchev–Trinajstić information content (AvgIpc) is 2.29. The summed E-state index contributed by atoms with van der Waals surface area (Å²) in [7, 11) is -0.853. The van der Waals surface area contributed by atoms with Crippen LogP contribution < -0.4 is 0 Å². The van der Waals surface area contributed by atoms with Crippen LogP contribution in [0.4, 0.5) is 4.39 Å². The van der Waals surface area contributed by atoms with Gasteiger partial charge in [-0.05, 0) is 37.8 Å². The van der Waals surface area contributed by atoms with Crippen LogP contribution in [0.2, 0.25) is 0 Å². The third kappa shape index (κ3) is 3.11. The molecule has 0 aromatic carbocycles. The second-order valence-corrected chi connectivity index (χ2v) is 5.79. The van der Waals surface area contributed by atoms with Crippen molar-refractivity contribution in [3.05, 3.63) is 23.3 Å². The smallest absolute Gasteiger partial charge is 0.137 e. The number of alkyl halides is 1. The zero-order valence-electron chi connectivity index (χ0n) is 9.75. The second-order valence-electron chi connectivity index (χ2n) is 4.09. The zero-order valence-corrected chi connectivity index (χ0v) is 10.6. The molecule has 2 nitrogen and oxygen atoms in total. The summed E-state index contributed by atoms with van der Waals surface area (Å²) in [4.78, 5) is 0. The highest BCUT2D eigenvalue weighted by Gasteiger charge is 2.36. The van der Waals surface area contributed by atoms with Crippen LogP contribution in [-0.2, 0) is 10.8 Å². The second kappa shape index (κ2) is 5.53. The zero-order chi connectivity index (χ0) is 12.2. The van der Waals surface area contributed by atoms with Crippen LogP contribution in [0, 0.1) is 5.41 Å². The molecule has 1 aliphatic rings. The van der Waals surface area contributed by atoms with Gasteiger partial charge in [0.25, 0.3) is 0 Å². The first-order chi connectivity index (χ1) is 7.51. The Morgan fingerprint density at radius 2 is 2.00 bits per heavy atom. The Kier molecular flexibility index (Phi) is 4.59. The van der Waals surface area contributed by atoms with Gasteiger partial charge in [-0.15, -0.1) is 0 Å². The van der Waals surface area contributed by atoms with E-state index >= 15 is 0 Å². The molecule has 1 N–H and O–H groups in total. The summed E-state index contributed by atoms with van der Waals surface area (Å²) in [6.45, 7) is 3.58. The van der Waals surface area contributed by atoms with Gasteiger partial charge in [0.2, 0.25) is 0 Å². The minimum Gasteiger partial charge on any atom is -0.308 e. The first kappa shape index (κ1) is 13.3. The van der Waals surface area contributed by atoms with Crippen LogP contribution in [0.1, 0.15) is 26.7 Å². The Morgan fingerprint density at radius 3 is 2.44 bits per heavy atom. The maximum Gasteiger partial charge on any atom is 0.137 e. The van der Waals surface area contributed by atoms with Crippen molar-refractivity contribution >= 4 is 17.0 Å². The molecule has 1 fully saturated rings. The third-order valence-corrected chi connectivity index (χ3v) is 4.21. The quantitative estimate of drug-likeness (QED) is 0.601. The van der Waals surface area contributed by atoms with Crippen LogP contribution in [0.5, 0.6) is 0 Å². The lowest BCUT2D eigenvalue weighted by Crippen LogP contribution is -2.34. The number of allylic oxidation sites excluding steroid dienone is 4. The summed E-state index contributed by atoms with van der Waals surface area (Å²) in [6, 6.07) is 0. The van der Waals surface area contributed by atoms with E-state index in [-0.39, 0.29) is 0 Å². The Morgan fingerprint density at radius 1 is 1.44 bits per heavy atom. The number of hydrogen-bond donors (Lipinski definition) is 1. The first-order valence-corrected chi connectivity index (χ1v) is 6.90. The Hall–Kier alpha value is -0.770. The summed E-state index contributed by atoms with van der Waals surface area (Å²) >= 11 is 0. The van der Waals surface area contributed by atoms with Crippen molar-refractivity contribution in [1.29, 1.82) is 5.41 Å². The molecule has 1 aliphatic heterocycles. The largest absolute Gasteiger partial charge is 0.308 e. The highest BCUT2D eigenvalue weighted by atomic mass is 32.2. The van der Waals surface area contributed by atoms with E-state index in [4.69, 9.17) is 5.41 Å². The molecule has 0 aliphatic carbocycles. The van der Waals surface area contributed by atoms with Gasteiger partial charge in [-0.2, -0.15) is 0 Å². The minimum absolute atomic E-state index is 0.321. The standard InChI is InChI=1S/C12H18FNOS/c1-3-11(8-10(2)9-14)12(13)4-6-16(15)7-5-12/h3,8-9,14H,4-7H2,1-2H3/b10-8-,11-3-,14-9?. The van der Waals surface area contributed by atoms with Gasteiger partial charge >= 0.3 is 0 Å². The van der Waals surface area contributed by atoms with Crippen molar-refractivity contribution < 1.29 is 8.60 Å². The van der Waals surface area contributed by atoms with Gasteiger partial charge in [0.05, 0.1) is 0 Å². The molecule has 1 saturated heterocycles. The monoisotopic (exact) mass is 243 g/mol. The summed E-state index contributed by atoms with van der Waals surface area (Å²) in [5.74, 6) is 0.872. The van der Waals surface area contributed by atoms with Gasteiger partial charge in [-0.25, -0.2) is 4.39 Å². The van der Waals surface area contributed by atoms with Crippen molar-refractivity contribution in [3.8, 4) is 0 Å². The molecule has 0 spiro atoms. The number of halogens is 1. The van der Waals surface area contributed by atoms with E-state index in [9.17, 15) is 8.60 Å². The van der Waals surface area contributed by atoms with Crippen LogP contribution in [0.15, 0.2) is 23.3 Å². The molecule has 0 atom stereocenters. The molecule has 0 bridgehead atoms. The van der Waals surface area contributed by atoms with Gasteiger partial charge in [0, 0.05) is 28.5 Å². The highest BCUT2D eigenvalue weighted by Crippen LogP contribution is 2.34. The summed E-state index contributed by atoms with van der Waals surface area (Å²) < 4.78 is 25.8. The summed E-state index contributed by atoms with van der Waals surface area (Å²) in [6.07, 6.45) is 5.32. The highest BCUT2D eigenvalue weighted by molar-refractivity contribution is 7.85. The third-order valence-electron chi connectivity index (χ3n) is 2.89. The molecular weight excluding hydrogens is 225 g/mol. The molecular formula is C12H18FNOS. The van der Waals surface area contributed by atoms with Crippen molar-refractivity contribution in [3.63, 3.8) is 0 Å². The maximum absolute atomic E-state index is 14.6. The van der Waals surface area contributed by atoms with Crippen molar-refractivity contribution in [2.45, 2.75) is 32.4 Å². The van der Waals surface area contributed by atoms with Crippen molar-refractivity contribution in [1.82, 2.24) is 0 Å². The molecule has 0 amide bonds. The Labute approximate surface area is 98.6 Å². The topological polar surface area (TPSA) is 40.9 Å². The van der Waals surface area contributed by atoms with E-state index in [0.717, 1.165) is 5.57 Å². The van der Waals surface area contributed by atoms with Gasteiger partial charge < -0.3 is 5.41 Å². The van der Waals surface area contributed by atoms with E-state index in [1.54, 1.807) is 26.0 Å². The van der Waals surface area contributed by atoms with Crippen LogP contribution in [0.3, 0.4) is 0 Å². The van der Waals surface area contributed by atoms with Gasteiger partial charge in [-0.3, -0.25) is 4.21 Å². The van der Waals surface area contributed by atoms with Gasteiger partial charge in [0.15, 0.2) is 0 Å². The van der Waals surface area contributed by atoms with Crippen molar-refractivity contribution in [2.24, 2.45) is 0 Å². The Bertz CT molecular complexity index is 350. The van der Waals surface area contributed by atoms with E-state index < -0.39 is 16.5 Å². The number of rotatable bonds is 3. The average molecular weight is 243 g/mol. The molecule has 0 radical (unpaired) electrons. The number of nitrogens with one attached hydrogen (secondary N) is 1. The van der Waals surface area contributed by atoms with Gasteiger partial charge in [0.1, 0.15) is 5.67 Å². The SMILES string of the molecule is C/C=C(/C=C(/C)C=N)C1(F)CCS(=O)CC1. The minimum atomic E-state index is -1.35. The fourth-order valence-electron chi connectivity index (χ4n) is 1.83. The van der Waals surface area contributed by atoms with E-state index in [0.29, 0.717) is 29.9 Å². The normalized spacial score (nSPS) is 32.6. The van der Waals surface area contributed by atoms with Crippen LogP contribution in [-0.4, -0.2) is 27.6 Å². The lowest BCUT2D eigenvalue weighted by atomic mass is 9.88. The number of hydrogen-bond acceptors (Lipinski definition) is 2. The Balaban J connectivity index is 2.88. The molecule has 0 saturated carbocycles. The van der Waals surface area contributed by atoms with E-state index in [1.807, 2.05) is 0 Å². The summed E-state index contributed by atoms with van der Waals surface area (Å²) in [5, 5.41) is 7.10. The fraction of sp³-hybridized carbons (Fsp3) is 0.583. The maximum atomic E-state index is 14.6. The molecule has 0 aromatic heterocycles. The molecule has 0 unspecified atom stereocenters. The lowest BCUT2D eigenvalue weighted by Gasteiger charge is -2.30. The predicted molar refractivity (Wildman–Crippen MR) is 67.2 cm³/mol. The van der Waals surface area contributed by atoms with E-state index in [1.165, 1.54) is 6.21 Å². The fourth-order valence-corrected chi connectivity index (χ4v) is 3.13. The van der Waals surface area contributed by atoms with Crippen LogP contribution in [0.25, 0.3) is 0 Å². The molecule has 16 heavy (non-hydrogen) atoms.